The highest BCUT2D eigenvalue weighted by Gasteiger charge is 2.30. The van der Waals surface area contributed by atoms with Crippen molar-refractivity contribution in [3.63, 3.8) is 0 Å². The summed E-state index contributed by atoms with van der Waals surface area (Å²) in [7, 11) is 0. The van der Waals surface area contributed by atoms with Gasteiger partial charge in [0.1, 0.15) is 5.82 Å². The summed E-state index contributed by atoms with van der Waals surface area (Å²) in [4.78, 5) is 34.3. The molecule has 2 amide bonds. The van der Waals surface area contributed by atoms with Crippen molar-refractivity contribution in [1.29, 1.82) is 0 Å². The van der Waals surface area contributed by atoms with E-state index in [2.05, 4.69) is 4.98 Å². The second-order valence-electron chi connectivity index (χ2n) is 8.50. The number of pyridine rings is 1. The number of carbonyl (C=O) groups excluding carboxylic acids is 2. The molecule has 2 aliphatic rings. The molecule has 7 heteroatoms. The molecule has 2 aliphatic heterocycles. The van der Waals surface area contributed by atoms with Crippen LogP contribution in [0.25, 0.3) is 0 Å². The number of aryl methyl sites for hydroxylation is 1. The number of morpholine rings is 1. The first-order valence-corrected chi connectivity index (χ1v) is 11.5. The van der Waals surface area contributed by atoms with Gasteiger partial charge in [-0.3, -0.25) is 14.6 Å². The van der Waals surface area contributed by atoms with Gasteiger partial charge in [-0.1, -0.05) is 12.1 Å². The van der Waals surface area contributed by atoms with E-state index in [9.17, 15) is 14.0 Å². The Morgan fingerprint density at radius 2 is 1.84 bits per heavy atom. The molecule has 2 saturated heterocycles. The third kappa shape index (κ3) is 5.51. The van der Waals surface area contributed by atoms with Gasteiger partial charge in [-0.15, -0.1) is 0 Å². The van der Waals surface area contributed by atoms with Gasteiger partial charge in [0, 0.05) is 44.7 Å². The fourth-order valence-corrected chi connectivity index (χ4v) is 4.54. The number of likely N-dealkylation sites (tertiary alicyclic amines) is 1. The van der Waals surface area contributed by atoms with Crippen LogP contribution < -0.4 is 0 Å². The van der Waals surface area contributed by atoms with Crippen LogP contribution in [0, 0.1) is 5.82 Å². The van der Waals surface area contributed by atoms with Crippen molar-refractivity contribution in [1.82, 2.24) is 14.8 Å². The average molecular weight is 440 g/mol. The maximum Gasteiger partial charge on any atom is 0.255 e. The molecule has 0 saturated carbocycles. The van der Waals surface area contributed by atoms with Crippen LogP contribution in [-0.2, 0) is 16.0 Å². The van der Waals surface area contributed by atoms with E-state index in [0.29, 0.717) is 44.8 Å². The van der Waals surface area contributed by atoms with Crippen molar-refractivity contribution >= 4 is 11.8 Å². The van der Waals surface area contributed by atoms with E-state index >= 15 is 0 Å². The number of carbonyl (C=O) groups is 2. The first-order valence-electron chi connectivity index (χ1n) is 11.5. The van der Waals surface area contributed by atoms with Gasteiger partial charge in [0.05, 0.1) is 24.5 Å². The number of ether oxygens (including phenoxy) is 1. The molecule has 4 rings (SSSR count). The fraction of sp³-hybridized carbons (Fsp3) is 0.480. The van der Waals surface area contributed by atoms with Crippen LogP contribution in [0.3, 0.4) is 0 Å². The molecule has 2 fully saturated rings. The number of piperidine rings is 1. The summed E-state index contributed by atoms with van der Waals surface area (Å²) in [6, 6.07) is 10.1. The Morgan fingerprint density at radius 1 is 1.06 bits per heavy atom. The predicted molar refractivity (Wildman–Crippen MR) is 119 cm³/mol. The molecule has 2 aromatic rings. The first kappa shape index (κ1) is 22.4. The third-order valence-corrected chi connectivity index (χ3v) is 6.30. The van der Waals surface area contributed by atoms with Crippen molar-refractivity contribution in [2.24, 2.45) is 0 Å². The molecule has 1 aromatic heterocycles. The van der Waals surface area contributed by atoms with Gasteiger partial charge in [-0.05, 0) is 55.5 Å². The number of halogens is 1. The Morgan fingerprint density at radius 3 is 2.62 bits per heavy atom. The van der Waals surface area contributed by atoms with Gasteiger partial charge in [0.25, 0.3) is 5.91 Å². The average Bonchev–Trinajstić information content (AvgIpc) is 2.85. The fourth-order valence-electron chi connectivity index (χ4n) is 4.54. The van der Waals surface area contributed by atoms with Gasteiger partial charge in [-0.2, -0.15) is 0 Å². The molecule has 1 atom stereocenters. The monoisotopic (exact) mass is 439 g/mol. The van der Waals surface area contributed by atoms with Crippen molar-refractivity contribution in [2.45, 2.75) is 38.0 Å². The highest BCUT2D eigenvalue weighted by molar-refractivity contribution is 5.95. The van der Waals surface area contributed by atoms with Crippen molar-refractivity contribution in [2.75, 3.05) is 39.4 Å². The lowest BCUT2D eigenvalue weighted by Crippen LogP contribution is -2.42. The Hall–Kier alpha value is -2.80. The van der Waals surface area contributed by atoms with E-state index in [0.717, 1.165) is 43.5 Å². The Labute approximate surface area is 188 Å². The van der Waals surface area contributed by atoms with E-state index in [-0.39, 0.29) is 23.5 Å². The van der Waals surface area contributed by atoms with Crippen LogP contribution in [0.1, 0.15) is 53.2 Å². The summed E-state index contributed by atoms with van der Waals surface area (Å²) in [6.07, 6.45) is 5.49. The first-order chi connectivity index (χ1) is 15.6. The minimum absolute atomic E-state index is 0.000789. The standard InChI is InChI=1S/C25H30FN3O3/c26-21-10-8-19(9-11-21)4-1-7-23(30)29-13-3-5-20(18-29)24-22(6-2-12-27-24)25(31)28-14-16-32-17-15-28/h2,6,8-12,20H,1,3-5,7,13-18H2. The normalized spacial score (nSPS) is 19.1. The Bertz CT molecular complexity index is 928. The van der Waals surface area contributed by atoms with Crippen LogP contribution in [0.15, 0.2) is 42.6 Å². The van der Waals surface area contributed by atoms with Crippen LogP contribution in [0.2, 0.25) is 0 Å². The van der Waals surface area contributed by atoms with E-state index in [1.807, 2.05) is 15.9 Å². The topological polar surface area (TPSA) is 62.7 Å². The minimum Gasteiger partial charge on any atom is -0.378 e. The zero-order chi connectivity index (χ0) is 22.3. The molecular formula is C25H30FN3O3. The minimum atomic E-state index is -0.245. The molecular weight excluding hydrogens is 409 g/mol. The maximum atomic E-state index is 13.1. The van der Waals surface area contributed by atoms with Crippen molar-refractivity contribution in [3.05, 3.63) is 65.2 Å². The summed E-state index contributed by atoms with van der Waals surface area (Å²) in [5.74, 6) is -0.0517. The molecule has 0 N–H and O–H groups in total. The van der Waals surface area contributed by atoms with E-state index in [4.69, 9.17) is 4.74 Å². The van der Waals surface area contributed by atoms with E-state index in [1.54, 1.807) is 24.4 Å². The molecule has 0 bridgehead atoms. The summed E-state index contributed by atoms with van der Waals surface area (Å²) in [5, 5.41) is 0. The highest BCUT2D eigenvalue weighted by Crippen LogP contribution is 2.29. The van der Waals surface area contributed by atoms with Gasteiger partial charge < -0.3 is 14.5 Å². The second kappa shape index (κ2) is 10.7. The highest BCUT2D eigenvalue weighted by atomic mass is 19.1. The molecule has 1 unspecified atom stereocenters. The van der Waals surface area contributed by atoms with Crippen LogP contribution >= 0.6 is 0 Å². The Balaban J connectivity index is 1.36. The number of aromatic nitrogens is 1. The SMILES string of the molecule is O=C(CCCc1ccc(F)cc1)N1CCCC(c2ncccc2C(=O)N2CCOCC2)C1. The number of hydrogen-bond acceptors (Lipinski definition) is 4. The van der Waals surface area contributed by atoms with Crippen molar-refractivity contribution < 1.29 is 18.7 Å². The Kier molecular flexibility index (Phi) is 7.47. The zero-order valence-electron chi connectivity index (χ0n) is 18.3. The lowest BCUT2D eigenvalue weighted by Gasteiger charge is -2.34. The number of nitrogens with zero attached hydrogens (tertiary/aromatic N) is 3. The number of benzene rings is 1. The molecule has 1 aromatic carbocycles. The van der Waals surface area contributed by atoms with Gasteiger partial charge in [-0.25, -0.2) is 4.39 Å². The second-order valence-corrected chi connectivity index (χ2v) is 8.50. The number of amides is 2. The van der Waals surface area contributed by atoms with Crippen LogP contribution in [-0.4, -0.2) is 66.0 Å². The van der Waals surface area contributed by atoms with Crippen LogP contribution in [0.5, 0.6) is 0 Å². The zero-order valence-corrected chi connectivity index (χ0v) is 18.3. The number of hydrogen-bond donors (Lipinski definition) is 0. The predicted octanol–water partition coefficient (Wildman–Crippen LogP) is 3.42. The molecule has 170 valence electrons. The molecule has 0 spiro atoms. The van der Waals surface area contributed by atoms with Gasteiger partial charge >= 0.3 is 0 Å². The molecule has 6 nitrogen and oxygen atoms in total. The molecule has 0 aliphatic carbocycles. The summed E-state index contributed by atoms with van der Waals surface area (Å²) in [5.41, 5.74) is 2.48. The quantitative estimate of drug-likeness (QED) is 0.692. The van der Waals surface area contributed by atoms with Crippen molar-refractivity contribution in [3.8, 4) is 0 Å². The van der Waals surface area contributed by atoms with Crippen LogP contribution in [0.4, 0.5) is 4.39 Å². The van der Waals surface area contributed by atoms with E-state index in [1.165, 1.54) is 12.1 Å². The molecule has 3 heterocycles. The third-order valence-electron chi connectivity index (χ3n) is 6.30. The number of rotatable bonds is 6. The lowest BCUT2D eigenvalue weighted by molar-refractivity contribution is -0.132. The summed E-state index contributed by atoms with van der Waals surface area (Å²) in [6.45, 7) is 3.64. The van der Waals surface area contributed by atoms with Gasteiger partial charge in [0.15, 0.2) is 0 Å². The smallest absolute Gasteiger partial charge is 0.255 e. The molecule has 32 heavy (non-hydrogen) atoms. The van der Waals surface area contributed by atoms with Gasteiger partial charge in [0.2, 0.25) is 5.91 Å². The lowest BCUT2D eigenvalue weighted by atomic mass is 9.90. The largest absolute Gasteiger partial charge is 0.378 e. The maximum absolute atomic E-state index is 13.1. The van der Waals surface area contributed by atoms with E-state index < -0.39 is 0 Å². The molecule has 0 radical (unpaired) electrons. The summed E-state index contributed by atoms with van der Waals surface area (Å²) >= 11 is 0. The summed E-state index contributed by atoms with van der Waals surface area (Å²) < 4.78 is 18.4.